The highest BCUT2D eigenvalue weighted by molar-refractivity contribution is 9.10. The highest BCUT2D eigenvalue weighted by Gasteiger charge is 2.32. The third kappa shape index (κ3) is 4.09. The van der Waals surface area contributed by atoms with Gasteiger partial charge in [0.25, 0.3) is 5.91 Å². The lowest BCUT2D eigenvalue weighted by Gasteiger charge is -2.30. The Bertz CT molecular complexity index is 556. The lowest BCUT2D eigenvalue weighted by Crippen LogP contribution is -2.45. The van der Waals surface area contributed by atoms with Crippen LogP contribution < -0.4 is 5.32 Å². The summed E-state index contributed by atoms with van der Waals surface area (Å²) in [5, 5.41) is 11.9. The molecule has 1 heterocycles. The van der Waals surface area contributed by atoms with Crippen molar-refractivity contribution in [2.75, 3.05) is 0 Å². The van der Waals surface area contributed by atoms with E-state index >= 15 is 0 Å². The lowest BCUT2D eigenvalue weighted by molar-refractivity contribution is -0.138. The second-order valence-electron chi connectivity index (χ2n) is 6.67. The minimum absolute atomic E-state index is 0.0828. The maximum atomic E-state index is 12.5. The van der Waals surface area contributed by atoms with E-state index in [1.54, 1.807) is 6.07 Å². The SMILES string of the molecule is CC(C)(C)C(CC(=O)O)NC(=O)c1cc(Br)cn1C1CC1. The topological polar surface area (TPSA) is 71.3 Å². The molecule has 1 aromatic rings. The molecule has 0 spiro atoms. The number of carbonyl (C=O) groups excluding carboxylic acids is 1. The first-order valence-electron chi connectivity index (χ1n) is 7.08. The molecular weight excluding hydrogens is 336 g/mol. The van der Waals surface area contributed by atoms with Crippen LogP contribution in [0.4, 0.5) is 0 Å². The van der Waals surface area contributed by atoms with Crippen LogP contribution in [0.2, 0.25) is 0 Å². The van der Waals surface area contributed by atoms with Gasteiger partial charge in [0.05, 0.1) is 6.42 Å². The molecule has 0 aliphatic heterocycles. The van der Waals surface area contributed by atoms with Gasteiger partial charge in [0.2, 0.25) is 0 Å². The largest absolute Gasteiger partial charge is 0.481 e. The monoisotopic (exact) mass is 356 g/mol. The van der Waals surface area contributed by atoms with Gasteiger partial charge in [0.1, 0.15) is 5.69 Å². The third-order valence-electron chi connectivity index (χ3n) is 3.72. The van der Waals surface area contributed by atoms with Crippen LogP contribution in [-0.4, -0.2) is 27.6 Å². The van der Waals surface area contributed by atoms with Crippen molar-refractivity contribution in [2.45, 2.75) is 52.1 Å². The second kappa shape index (κ2) is 5.83. The van der Waals surface area contributed by atoms with E-state index in [9.17, 15) is 9.59 Å². The number of halogens is 1. The van der Waals surface area contributed by atoms with Crippen molar-refractivity contribution < 1.29 is 14.7 Å². The van der Waals surface area contributed by atoms with E-state index in [-0.39, 0.29) is 17.7 Å². The van der Waals surface area contributed by atoms with E-state index in [1.165, 1.54) is 0 Å². The molecule has 2 rings (SSSR count). The van der Waals surface area contributed by atoms with Crippen LogP contribution in [0, 0.1) is 5.41 Å². The minimum atomic E-state index is -0.908. The Labute approximate surface area is 132 Å². The molecule has 1 saturated carbocycles. The maximum Gasteiger partial charge on any atom is 0.305 e. The molecule has 0 saturated heterocycles. The van der Waals surface area contributed by atoms with Crippen molar-refractivity contribution in [3.63, 3.8) is 0 Å². The van der Waals surface area contributed by atoms with Crippen molar-refractivity contribution in [1.82, 2.24) is 9.88 Å². The molecule has 1 fully saturated rings. The number of carbonyl (C=O) groups is 2. The first-order chi connectivity index (χ1) is 9.68. The first kappa shape index (κ1) is 16.1. The fourth-order valence-electron chi connectivity index (χ4n) is 2.26. The molecule has 1 aliphatic carbocycles. The van der Waals surface area contributed by atoms with Crippen LogP contribution in [0.15, 0.2) is 16.7 Å². The van der Waals surface area contributed by atoms with E-state index in [0.29, 0.717) is 11.7 Å². The number of rotatable bonds is 5. The lowest BCUT2D eigenvalue weighted by atomic mass is 9.84. The number of carboxylic acids is 1. The average Bonchev–Trinajstić information content (AvgIpc) is 3.09. The summed E-state index contributed by atoms with van der Waals surface area (Å²) in [6.07, 6.45) is 3.99. The molecule has 2 N–H and O–H groups in total. The van der Waals surface area contributed by atoms with Crippen molar-refractivity contribution in [1.29, 1.82) is 0 Å². The zero-order valence-electron chi connectivity index (χ0n) is 12.5. The van der Waals surface area contributed by atoms with Gasteiger partial charge in [-0.05, 0) is 40.3 Å². The zero-order chi connectivity index (χ0) is 15.8. The summed E-state index contributed by atoms with van der Waals surface area (Å²) in [4.78, 5) is 23.5. The molecule has 1 unspecified atom stereocenters. The quantitative estimate of drug-likeness (QED) is 0.850. The van der Waals surface area contributed by atoms with Crippen LogP contribution in [0.5, 0.6) is 0 Å². The summed E-state index contributed by atoms with van der Waals surface area (Å²) in [6.45, 7) is 5.78. The second-order valence-corrected chi connectivity index (χ2v) is 7.59. The molecule has 0 aromatic carbocycles. The fraction of sp³-hybridized carbons (Fsp3) is 0.600. The molecule has 21 heavy (non-hydrogen) atoms. The number of hydrogen-bond acceptors (Lipinski definition) is 2. The van der Waals surface area contributed by atoms with Gasteiger partial charge in [0, 0.05) is 22.8 Å². The molecule has 1 aliphatic rings. The number of nitrogens with one attached hydrogen (secondary N) is 1. The van der Waals surface area contributed by atoms with E-state index in [4.69, 9.17) is 5.11 Å². The van der Waals surface area contributed by atoms with Crippen LogP contribution in [-0.2, 0) is 4.79 Å². The number of carboxylic acid groups (broad SMARTS) is 1. The van der Waals surface area contributed by atoms with E-state index in [0.717, 1.165) is 17.3 Å². The standard InChI is InChI=1S/C15H21BrN2O3/c1-15(2,3)12(7-13(19)20)17-14(21)11-6-9(16)8-18(11)10-4-5-10/h6,8,10,12H,4-5,7H2,1-3H3,(H,17,21)(H,19,20). The Morgan fingerprint density at radius 3 is 2.57 bits per heavy atom. The Balaban J connectivity index is 2.17. The molecule has 1 aromatic heterocycles. The summed E-state index contributed by atoms with van der Waals surface area (Å²) in [5.41, 5.74) is 0.270. The molecule has 6 heteroatoms. The first-order valence-corrected chi connectivity index (χ1v) is 7.88. The molecule has 116 valence electrons. The third-order valence-corrected chi connectivity index (χ3v) is 4.15. The number of aromatic nitrogens is 1. The summed E-state index contributed by atoms with van der Waals surface area (Å²) in [6, 6.07) is 1.77. The summed E-state index contributed by atoms with van der Waals surface area (Å²) in [7, 11) is 0. The Morgan fingerprint density at radius 2 is 2.10 bits per heavy atom. The average molecular weight is 357 g/mol. The predicted molar refractivity (Wildman–Crippen MR) is 83.4 cm³/mol. The van der Waals surface area contributed by atoms with Crippen LogP contribution in [0.1, 0.15) is 56.6 Å². The molecule has 1 amide bonds. The van der Waals surface area contributed by atoms with Gasteiger partial charge in [-0.25, -0.2) is 0 Å². The van der Waals surface area contributed by atoms with Gasteiger partial charge >= 0.3 is 5.97 Å². The number of aliphatic carboxylic acids is 1. The number of hydrogen-bond donors (Lipinski definition) is 2. The fourth-order valence-corrected chi connectivity index (χ4v) is 2.70. The molecule has 0 radical (unpaired) electrons. The predicted octanol–water partition coefficient (Wildman–Crippen LogP) is 3.20. The number of nitrogens with zero attached hydrogens (tertiary/aromatic N) is 1. The van der Waals surface area contributed by atoms with Crippen molar-refractivity contribution in [2.24, 2.45) is 5.41 Å². The van der Waals surface area contributed by atoms with E-state index in [1.807, 2.05) is 31.5 Å². The molecule has 1 atom stereocenters. The Kier molecular flexibility index (Phi) is 4.46. The van der Waals surface area contributed by atoms with Crippen LogP contribution >= 0.6 is 15.9 Å². The van der Waals surface area contributed by atoms with E-state index in [2.05, 4.69) is 21.2 Å². The van der Waals surface area contributed by atoms with Gasteiger partial charge in [-0.2, -0.15) is 0 Å². The minimum Gasteiger partial charge on any atom is -0.481 e. The highest BCUT2D eigenvalue weighted by Crippen LogP contribution is 2.37. The van der Waals surface area contributed by atoms with Crippen molar-refractivity contribution >= 4 is 27.8 Å². The summed E-state index contributed by atoms with van der Waals surface area (Å²) >= 11 is 3.40. The molecule has 5 nitrogen and oxygen atoms in total. The van der Waals surface area contributed by atoms with Crippen LogP contribution in [0.3, 0.4) is 0 Å². The van der Waals surface area contributed by atoms with Gasteiger partial charge in [-0.1, -0.05) is 20.8 Å². The Hall–Kier alpha value is -1.30. The summed E-state index contributed by atoms with van der Waals surface area (Å²) in [5.74, 6) is -1.12. The Morgan fingerprint density at radius 1 is 1.48 bits per heavy atom. The highest BCUT2D eigenvalue weighted by atomic mass is 79.9. The van der Waals surface area contributed by atoms with Crippen molar-refractivity contribution in [3.05, 3.63) is 22.4 Å². The van der Waals surface area contributed by atoms with Crippen molar-refractivity contribution in [3.8, 4) is 0 Å². The van der Waals surface area contributed by atoms with Crippen LogP contribution in [0.25, 0.3) is 0 Å². The molecule has 0 bridgehead atoms. The normalized spacial score (nSPS) is 16.6. The zero-order valence-corrected chi connectivity index (χ0v) is 14.1. The number of amides is 1. The summed E-state index contributed by atoms with van der Waals surface area (Å²) < 4.78 is 2.84. The van der Waals surface area contributed by atoms with E-state index < -0.39 is 12.0 Å². The molecular formula is C15H21BrN2O3. The van der Waals surface area contributed by atoms with Gasteiger partial charge < -0.3 is 15.0 Å². The van der Waals surface area contributed by atoms with Gasteiger partial charge in [0.15, 0.2) is 0 Å². The maximum absolute atomic E-state index is 12.5. The van der Waals surface area contributed by atoms with Gasteiger partial charge in [-0.3, -0.25) is 9.59 Å². The smallest absolute Gasteiger partial charge is 0.305 e. The van der Waals surface area contributed by atoms with Gasteiger partial charge in [-0.15, -0.1) is 0 Å².